The number of aromatic nitrogens is 1. The smallest absolute Gasteiger partial charge is 0.347 e. The van der Waals surface area contributed by atoms with Gasteiger partial charge in [-0.05, 0) is 5.92 Å². The van der Waals surface area contributed by atoms with Crippen LogP contribution in [0, 0.1) is 10.1 Å². The zero-order valence-electron chi connectivity index (χ0n) is 10.9. The van der Waals surface area contributed by atoms with Crippen LogP contribution >= 0.6 is 11.3 Å². The summed E-state index contributed by atoms with van der Waals surface area (Å²) in [6, 6.07) is 6.03. The van der Waals surface area contributed by atoms with Crippen molar-refractivity contribution < 1.29 is 14.8 Å². The second kappa shape index (κ2) is 5.38. The molecule has 1 N–H and O–H groups in total. The summed E-state index contributed by atoms with van der Waals surface area (Å²) in [5.74, 6) is -1.05. The number of hydrogen-bond acceptors (Lipinski definition) is 5. The summed E-state index contributed by atoms with van der Waals surface area (Å²) in [5.41, 5.74) is 1.02. The quantitative estimate of drug-likeness (QED) is 0.687. The van der Waals surface area contributed by atoms with E-state index >= 15 is 0 Å². The van der Waals surface area contributed by atoms with E-state index in [0.717, 1.165) is 11.3 Å². The molecule has 2 aromatic rings. The molecule has 0 amide bonds. The predicted octanol–water partition coefficient (Wildman–Crippen LogP) is 3.54. The molecule has 1 aromatic heterocycles. The average Bonchev–Trinajstić information content (AvgIpc) is 2.84. The molecule has 0 radical (unpaired) electrons. The standard InChI is InChI=1S/C13H12N2O4S/c1-7(2)10-11(13(16)17)20-12(14-10)8-4-3-5-9(6-8)15(18)19/h3-7H,1-2H3,(H,16,17). The maximum Gasteiger partial charge on any atom is 0.347 e. The lowest BCUT2D eigenvalue weighted by atomic mass is 10.1. The molecule has 2 rings (SSSR count). The van der Waals surface area contributed by atoms with E-state index in [4.69, 9.17) is 0 Å². The van der Waals surface area contributed by atoms with E-state index < -0.39 is 10.9 Å². The number of nitro groups is 1. The maximum absolute atomic E-state index is 11.2. The molecule has 0 aliphatic carbocycles. The summed E-state index contributed by atoms with van der Waals surface area (Å²) in [7, 11) is 0. The van der Waals surface area contributed by atoms with Crippen LogP contribution in [0.4, 0.5) is 5.69 Å². The number of hydrogen-bond donors (Lipinski definition) is 1. The minimum absolute atomic E-state index is 0.0233. The Hall–Kier alpha value is -2.28. The number of thiazole rings is 1. The third kappa shape index (κ3) is 2.67. The summed E-state index contributed by atoms with van der Waals surface area (Å²) >= 11 is 1.04. The van der Waals surface area contributed by atoms with Gasteiger partial charge in [-0.1, -0.05) is 26.0 Å². The molecule has 0 spiro atoms. The maximum atomic E-state index is 11.2. The van der Waals surface area contributed by atoms with Crippen molar-refractivity contribution in [3.05, 3.63) is 45.0 Å². The molecular formula is C13H12N2O4S. The number of benzene rings is 1. The van der Waals surface area contributed by atoms with Gasteiger partial charge in [0.05, 0.1) is 10.6 Å². The van der Waals surface area contributed by atoms with Gasteiger partial charge in [-0.25, -0.2) is 9.78 Å². The first-order valence-corrected chi connectivity index (χ1v) is 6.70. The van der Waals surface area contributed by atoms with E-state index in [9.17, 15) is 20.0 Å². The molecule has 0 fully saturated rings. The number of carboxylic acid groups (broad SMARTS) is 1. The molecule has 0 unspecified atom stereocenters. The average molecular weight is 292 g/mol. The van der Waals surface area contributed by atoms with Crippen LogP contribution in [0.15, 0.2) is 24.3 Å². The van der Waals surface area contributed by atoms with Gasteiger partial charge in [-0.15, -0.1) is 11.3 Å². The topological polar surface area (TPSA) is 93.3 Å². The van der Waals surface area contributed by atoms with Crippen molar-refractivity contribution in [1.29, 1.82) is 0 Å². The van der Waals surface area contributed by atoms with Gasteiger partial charge in [0.1, 0.15) is 9.88 Å². The van der Waals surface area contributed by atoms with E-state index in [1.165, 1.54) is 12.1 Å². The van der Waals surface area contributed by atoms with Crippen molar-refractivity contribution in [1.82, 2.24) is 4.98 Å². The molecule has 20 heavy (non-hydrogen) atoms. The summed E-state index contributed by atoms with van der Waals surface area (Å²) in [4.78, 5) is 26.0. The molecule has 7 heteroatoms. The van der Waals surface area contributed by atoms with Gasteiger partial charge in [-0.2, -0.15) is 0 Å². The second-order valence-electron chi connectivity index (χ2n) is 4.50. The Morgan fingerprint density at radius 1 is 1.45 bits per heavy atom. The molecule has 0 atom stereocenters. The van der Waals surface area contributed by atoms with Crippen molar-refractivity contribution >= 4 is 23.0 Å². The van der Waals surface area contributed by atoms with E-state index in [-0.39, 0.29) is 16.5 Å². The number of carboxylic acids is 1. The van der Waals surface area contributed by atoms with Crippen LogP contribution in [0.1, 0.15) is 35.1 Å². The van der Waals surface area contributed by atoms with Gasteiger partial charge < -0.3 is 5.11 Å². The molecular weight excluding hydrogens is 280 g/mol. The monoisotopic (exact) mass is 292 g/mol. The predicted molar refractivity (Wildman–Crippen MR) is 75.3 cm³/mol. The highest BCUT2D eigenvalue weighted by Gasteiger charge is 2.21. The lowest BCUT2D eigenvalue weighted by molar-refractivity contribution is -0.384. The van der Waals surface area contributed by atoms with Gasteiger partial charge in [0.25, 0.3) is 5.69 Å². The van der Waals surface area contributed by atoms with Crippen LogP contribution < -0.4 is 0 Å². The van der Waals surface area contributed by atoms with E-state index in [2.05, 4.69) is 4.98 Å². The molecule has 0 saturated heterocycles. The normalized spacial score (nSPS) is 10.8. The highest BCUT2D eigenvalue weighted by molar-refractivity contribution is 7.17. The molecule has 0 bridgehead atoms. The Balaban J connectivity index is 2.53. The van der Waals surface area contributed by atoms with Crippen molar-refractivity contribution in [3.63, 3.8) is 0 Å². The lowest BCUT2D eigenvalue weighted by Crippen LogP contribution is -2.00. The summed E-state index contributed by atoms with van der Waals surface area (Å²) < 4.78 is 0. The van der Waals surface area contributed by atoms with Crippen LogP contribution in [-0.4, -0.2) is 21.0 Å². The van der Waals surface area contributed by atoms with Crippen LogP contribution in [0.25, 0.3) is 10.6 Å². The summed E-state index contributed by atoms with van der Waals surface area (Å²) in [6.45, 7) is 3.72. The summed E-state index contributed by atoms with van der Waals surface area (Å²) in [6.07, 6.45) is 0. The minimum atomic E-state index is -1.03. The van der Waals surface area contributed by atoms with Crippen LogP contribution in [0.2, 0.25) is 0 Å². The lowest BCUT2D eigenvalue weighted by Gasteiger charge is -2.00. The van der Waals surface area contributed by atoms with Crippen molar-refractivity contribution in [2.45, 2.75) is 19.8 Å². The fraction of sp³-hybridized carbons (Fsp3) is 0.231. The van der Waals surface area contributed by atoms with Gasteiger partial charge in [0.15, 0.2) is 0 Å². The molecule has 1 aromatic carbocycles. The largest absolute Gasteiger partial charge is 0.477 e. The van der Waals surface area contributed by atoms with Gasteiger partial charge in [0, 0.05) is 17.7 Å². The highest BCUT2D eigenvalue weighted by atomic mass is 32.1. The highest BCUT2D eigenvalue weighted by Crippen LogP contribution is 2.33. The second-order valence-corrected chi connectivity index (χ2v) is 5.50. The first kappa shape index (κ1) is 14.1. The fourth-order valence-electron chi connectivity index (χ4n) is 1.75. The Morgan fingerprint density at radius 3 is 2.65 bits per heavy atom. The zero-order valence-corrected chi connectivity index (χ0v) is 11.7. The number of nitro benzene ring substituents is 1. The van der Waals surface area contributed by atoms with Gasteiger partial charge in [-0.3, -0.25) is 10.1 Å². The Labute approximate surface area is 118 Å². The number of nitrogens with zero attached hydrogens (tertiary/aromatic N) is 2. The third-order valence-corrected chi connectivity index (χ3v) is 3.81. The first-order valence-electron chi connectivity index (χ1n) is 5.89. The fourth-order valence-corrected chi connectivity index (χ4v) is 2.81. The number of rotatable bonds is 4. The van der Waals surface area contributed by atoms with Gasteiger partial charge in [0.2, 0.25) is 0 Å². The Kier molecular flexibility index (Phi) is 3.80. The summed E-state index contributed by atoms with van der Waals surface area (Å²) in [5, 5.41) is 20.4. The number of carbonyl (C=O) groups is 1. The van der Waals surface area contributed by atoms with Crippen LogP contribution in [-0.2, 0) is 0 Å². The molecule has 0 aliphatic rings. The SMILES string of the molecule is CC(C)c1nc(-c2cccc([N+](=O)[O-])c2)sc1C(=O)O. The first-order chi connectivity index (χ1) is 9.40. The molecule has 0 aliphatic heterocycles. The zero-order chi connectivity index (χ0) is 14.9. The number of non-ortho nitro benzene ring substituents is 1. The molecule has 6 nitrogen and oxygen atoms in total. The Morgan fingerprint density at radius 2 is 2.15 bits per heavy atom. The Bertz CT molecular complexity index is 679. The molecule has 104 valence electrons. The van der Waals surface area contributed by atoms with Crippen LogP contribution in [0.5, 0.6) is 0 Å². The van der Waals surface area contributed by atoms with E-state index in [1.807, 2.05) is 13.8 Å². The van der Waals surface area contributed by atoms with Crippen molar-refractivity contribution in [3.8, 4) is 10.6 Å². The van der Waals surface area contributed by atoms with Gasteiger partial charge >= 0.3 is 5.97 Å². The van der Waals surface area contributed by atoms with Crippen molar-refractivity contribution in [2.24, 2.45) is 0 Å². The van der Waals surface area contributed by atoms with Crippen molar-refractivity contribution in [2.75, 3.05) is 0 Å². The van der Waals surface area contributed by atoms with E-state index in [1.54, 1.807) is 12.1 Å². The number of aromatic carboxylic acids is 1. The molecule has 1 heterocycles. The van der Waals surface area contributed by atoms with E-state index in [0.29, 0.717) is 16.3 Å². The minimum Gasteiger partial charge on any atom is -0.477 e. The molecule has 0 saturated carbocycles. The third-order valence-electron chi connectivity index (χ3n) is 2.70. The van der Waals surface area contributed by atoms with Crippen LogP contribution in [0.3, 0.4) is 0 Å².